The van der Waals surface area contributed by atoms with Crippen LogP contribution in [0.15, 0.2) is 24.3 Å². The number of nitrogens with zero attached hydrogens (tertiary/aromatic N) is 1. The van der Waals surface area contributed by atoms with Gasteiger partial charge in [-0.1, -0.05) is 29.8 Å². The van der Waals surface area contributed by atoms with Gasteiger partial charge in [0.05, 0.1) is 0 Å². The first kappa shape index (κ1) is 12.4. The van der Waals surface area contributed by atoms with Crippen molar-refractivity contribution in [1.29, 1.82) is 0 Å². The highest BCUT2D eigenvalue weighted by molar-refractivity contribution is 6.31. The molecule has 4 heteroatoms. The molecule has 1 aromatic carbocycles. The number of aliphatic carboxylic acids is 1. The van der Waals surface area contributed by atoms with Gasteiger partial charge in [-0.25, -0.2) is 0 Å². The van der Waals surface area contributed by atoms with Gasteiger partial charge in [0.25, 0.3) is 0 Å². The molecule has 0 aromatic heterocycles. The number of carboxylic acids is 1. The van der Waals surface area contributed by atoms with E-state index in [9.17, 15) is 9.90 Å². The van der Waals surface area contributed by atoms with Gasteiger partial charge >= 0.3 is 5.97 Å². The largest absolute Gasteiger partial charge is 0.480 e. The summed E-state index contributed by atoms with van der Waals surface area (Å²) in [6, 6.07) is 7.59. The summed E-state index contributed by atoms with van der Waals surface area (Å²) in [6.07, 6.45) is 1.63. The van der Waals surface area contributed by atoms with E-state index in [0.29, 0.717) is 18.0 Å². The Morgan fingerprint density at radius 1 is 1.53 bits per heavy atom. The van der Waals surface area contributed by atoms with Crippen LogP contribution in [0.4, 0.5) is 0 Å². The molecule has 1 saturated heterocycles. The number of carboxylic acid groups (broad SMARTS) is 1. The molecule has 1 N–H and O–H groups in total. The van der Waals surface area contributed by atoms with Crippen LogP contribution in [0.5, 0.6) is 0 Å². The molecule has 1 aliphatic rings. The Hall–Kier alpha value is -1.06. The van der Waals surface area contributed by atoms with Gasteiger partial charge in [-0.3, -0.25) is 9.69 Å². The number of halogens is 1. The molecule has 17 heavy (non-hydrogen) atoms. The van der Waals surface area contributed by atoms with Crippen molar-refractivity contribution in [3.63, 3.8) is 0 Å². The second-order valence-corrected chi connectivity index (χ2v) is 5.10. The molecule has 1 heterocycles. The van der Waals surface area contributed by atoms with Gasteiger partial charge in [0.15, 0.2) is 0 Å². The SMILES string of the molecule is CC1(C(=O)O)CCCN1Cc1ccccc1Cl. The number of hydrogen-bond acceptors (Lipinski definition) is 2. The number of carbonyl (C=O) groups is 1. The molecular formula is C13H16ClNO2. The quantitative estimate of drug-likeness (QED) is 0.901. The Labute approximate surface area is 106 Å². The average Bonchev–Trinajstić information content (AvgIpc) is 2.65. The second-order valence-electron chi connectivity index (χ2n) is 4.70. The van der Waals surface area contributed by atoms with E-state index >= 15 is 0 Å². The molecule has 1 aromatic rings. The summed E-state index contributed by atoms with van der Waals surface area (Å²) >= 11 is 6.10. The van der Waals surface area contributed by atoms with Gasteiger partial charge < -0.3 is 5.11 Å². The van der Waals surface area contributed by atoms with Crippen LogP contribution < -0.4 is 0 Å². The van der Waals surface area contributed by atoms with E-state index in [2.05, 4.69) is 0 Å². The van der Waals surface area contributed by atoms with E-state index in [-0.39, 0.29) is 0 Å². The molecule has 0 saturated carbocycles. The molecule has 92 valence electrons. The van der Waals surface area contributed by atoms with Gasteiger partial charge in [0.1, 0.15) is 5.54 Å². The third-order valence-electron chi connectivity index (χ3n) is 3.57. The fraction of sp³-hybridized carbons (Fsp3) is 0.462. The van der Waals surface area contributed by atoms with E-state index in [1.54, 1.807) is 6.92 Å². The van der Waals surface area contributed by atoms with Crippen LogP contribution in [0.25, 0.3) is 0 Å². The van der Waals surface area contributed by atoms with Crippen molar-refractivity contribution in [2.45, 2.75) is 31.8 Å². The minimum atomic E-state index is -0.751. The molecule has 0 aliphatic carbocycles. The number of benzene rings is 1. The van der Waals surface area contributed by atoms with E-state index < -0.39 is 11.5 Å². The van der Waals surface area contributed by atoms with Gasteiger partial charge in [-0.2, -0.15) is 0 Å². The first-order valence-corrected chi connectivity index (χ1v) is 6.14. The molecule has 3 nitrogen and oxygen atoms in total. The van der Waals surface area contributed by atoms with Crippen LogP contribution >= 0.6 is 11.6 Å². The van der Waals surface area contributed by atoms with E-state index in [0.717, 1.165) is 18.5 Å². The zero-order valence-electron chi connectivity index (χ0n) is 9.82. The maximum absolute atomic E-state index is 11.3. The van der Waals surface area contributed by atoms with Crippen LogP contribution in [0.2, 0.25) is 5.02 Å². The lowest BCUT2D eigenvalue weighted by atomic mass is 9.99. The van der Waals surface area contributed by atoms with Crippen molar-refractivity contribution in [3.8, 4) is 0 Å². The van der Waals surface area contributed by atoms with Crippen molar-refractivity contribution in [3.05, 3.63) is 34.9 Å². The van der Waals surface area contributed by atoms with Crippen LogP contribution in [-0.2, 0) is 11.3 Å². The third kappa shape index (κ3) is 2.31. The Morgan fingerprint density at radius 2 is 2.24 bits per heavy atom. The standard InChI is InChI=1S/C13H16ClNO2/c1-13(12(16)17)7-4-8-15(13)9-10-5-2-3-6-11(10)14/h2-3,5-6H,4,7-9H2,1H3,(H,16,17). The number of likely N-dealkylation sites (tertiary alicyclic amines) is 1. The molecule has 1 aliphatic heterocycles. The maximum Gasteiger partial charge on any atom is 0.323 e. The third-order valence-corrected chi connectivity index (χ3v) is 3.94. The molecule has 1 unspecified atom stereocenters. The van der Waals surface area contributed by atoms with Gasteiger partial charge in [0, 0.05) is 11.6 Å². The smallest absolute Gasteiger partial charge is 0.323 e. The molecular weight excluding hydrogens is 238 g/mol. The van der Waals surface area contributed by atoms with Crippen molar-refractivity contribution in [2.24, 2.45) is 0 Å². The molecule has 2 rings (SSSR count). The topological polar surface area (TPSA) is 40.5 Å². The molecule has 1 atom stereocenters. The highest BCUT2D eigenvalue weighted by Gasteiger charge is 2.43. The molecule has 0 amide bonds. The predicted octanol–water partition coefficient (Wildman–Crippen LogP) is 2.78. The zero-order chi connectivity index (χ0) is 12.5. The van der Waals surface area contributed by atoms with Crippen LogP contribution in [0, 0.1) is 0 Å². The summed E-state index contributed by atoms with van der Waals surface area (Å²) in [5.74, 6) is -0.748. The lowest BCUT2D eigenvalue weighted by molar-refractivity contribution is -0.148. The van der Waals surface area contributed by atoms with E-state index in [4.69, 9.17) is 11.6 Å². The predicted molar refractivity (Wildman–Crippen MR) is 67.1 cm³/mol. The van der Waals surface area contributed by atoms with E-state index in [1.165, 1.54) is 0 Å². The fourth-order valence-electron chi connectivity index (χ4n) is 2.35. The highest BCUT2D eigenvalue weighted by atomic mass is 35.5. The van der Waals surface area contributed by atoms with Gasteiger partial charge in [-0.05, 0) is 37.9 Å². The van der Waals surface area contributed by atoms with Crippen LogP contribution in [0.3, 0.4) is 0 Å². The Balaban J connectivity index is 2.19. The monoisotopic (exact) mass is 253 g/mol. The highest BCUT2D eigenvalue weighted by Crippen LogP contribution is 2.31. The number of hydrogen-bond donors (Lipinski definition) is 1. The lowest BCUT2D eigenvalue weighted by Crippen LogP contribution is -2.47. The Morgan fingerprint density at radius 3 is 2.88 bits per heavy atom. The summed E-state index contributed by atoms with van der Waals surface area (Å²) in [6.45, 7) is 3.20. The van der Waals surface area contributed by atoms with Crippen molar-refractivity contribution < 1.29 is 9.90 Å². The first-order valence-electron chi connectivity index (χ1n) is 5.76. The minimum absolute atomic E-state index is 0.600. The van der Waals surface area contributed by atoms with Gasteiger partial charge in [-0.15, -0.1) is 0 Å². The van der Waals surface area contributed by atoms with Gasteiger partial charge in [0.2, 0.25) is 0 Å². The normalized spacial score (nSPS) is 25.1. The Kier molecular flexibility index (Phi) is 3.40. The van der Waals surface area contributed by atoms with Crippen molar-refractivity contribution in [2.75, 3.05) is 6.54 Å². The lowest BCUT2D eigenvalue weighted by Gasteiger charge is -2.31. The average molecular weight is 254 g/mol. The summed E-state index contributed by atoms with van der Waals surface area (Å²) in [5, 5.41) is 10.0. The van der Waals surface area contributed by atoms with Crippen molar-refractivity contribution >= 4 is 17.6 Å². The molecule has 1 fully saturated rings. The summed E-state index contributed by atoms with van der Waals surface area (Å²) in [7, 11) is 0. The van der Waals surface area contributed by atoms with Crippen molar-refractivity contribution in [1.82, 2.24) is 4.90 Å². The summed E-state index contributed by atoms with van der Waals surface area (Å²) in [4.78, 5) is 13.3. The molecule has 0 bridgehead atoms. The Bertz CT molecular complexity index is 435. The van der Waals surface area contributed by atoms with Crippen LogP contribution in [0.1, 0.15) is 25.3 Å². The number of rotatable bonds is 3. The minimum Gasteiger partial charge on any atom is -0.480 e. The fourth-order valence-corrected chi connectivity index (χ4v) is 2.54. The molecule has 0 radical (unpaired) electrons. The maximum atomic E-state index is 11.3. The summed E-state index contributed by atoms with van der Waals surface area (Å²) in [5.41, 5.74) is 0.239. The van der Waals surface area contributed by atoms with E-state index in [1.807, 2.05) is 29.2 Å². The summed E-state index contributed by atoms with van der Waals surface area (Å²) < 4.78 is 0. The first-order chi connectivity index (χ1) is 8.04. The molecule has 0 spiro atoms. The van der Waals surface area contributed by atoms with Crippen LogP contribution in [-0.4, -0.2) is 28.1 Å². The second kappa shape index (κ2) is 4.67. The zero-order valence-corrected chi connectivity index (χ0v) is 10.6.